The minimum Gasteiger partial charge on any atom is -0.324 e. The molecule has 1 aromatic rings. The van der Waals surface area contributed by atoms with Crippen LogP contribution in [0.15, 0.2) is 18.2 Å². The fourth-order valence-electron chi connectivity index (χ4n) is 1.86. The molecular formula is C14H22Cl2N2. The Hall–Kier alpha value is -0.280. The maximum Gasteiger partial charge on any atom is 0.0640 e. The second-order valence-electron chi connectivity index (χ2n) is 4.70. The van der Waals surface area contributed by atoms with Crippen LogP contribution in [0.3, 0.4) is 0 Å². The van der Waals surface area contributed by atoms with E-state index < -0.39 is 0 Å². The van der Waals surface area contributed by atoms with Gasteiger partial charge in [0, 0.05) is 6.04 Å². The number of hydrogen-bond donors (Lipinski definition) is 1. The van der Waals surface area contributed by atoms with Gasteiger partial charge in [0.05, 0.1) is 10.0 Å². The van der Waals surface area contributed by atoms with E-state index >= 15 is 0 Å². The molecule has 2 N–H and O–H groups in total. The zero-order chi connectivity index (χ0) is 13.5. The number of benzene rings is 1. The summed E-state index contributed by atoms with van der Waals surface area (Å²) in [5.74, 6) is 0. The molecule has 0 aliphatic rings. The molecule has 0 saturated heterocycles. The standard InChI is InChI=1S/C14H22Cl2N2/c1-3-4-9-18(2)10-8-13(17)11-6-5-7-12(15)14(11)16/h5-7,13H,3-4,8-10,17H2,1-2H3. The monoisotopic (exact) mass is 288 g/mol. The molecule has 0 aliphatic carbocycles. The van der Waals surface area contributed by atoms with Crippen LogP contribution >= 0.6 is 23.2 Å². The average Bonchev–Trinajstić information content (AvgIpc) is 2.36. The molecule has 0 aliphatic heterocycles. The van der Waals surface area contributed by atoms with Gasteiger partial charge in [-0.1, -0.05) is 48.7 Å². The number of nitrogens with zero attached hydrogens (tertiary/aromatic N) is 1. The van der Waals surface area contributed by atoms with Crippen LogP contribution in [0.25, 0.3) is 0 Å². The highest BCUT2D eigenvalue weighted by atomic mass is 35.5. The molecule has 0 amide bonds. The van der Waals surface area contributed by atoms with Crippen molar-refractivity contribution in [1.29, 1.82) is 0 Å². The quantitative estimate of drug-likeness (QED) is 0.818. The largest absolute Gasteiger partial charge is 0.324 e. The molecule has 1 unspecified atom stereocenters. The Bertz CT molecular complexity index is 369. The van der Waals surface area contributed by atoms with Gasteiger partial charge in [0.1, 0.15) is 0 Å². The van der Waals surface area contributed by atoms with Gasteiger partial charge in [-0.15, -0.1) is 0 Å². The Labute approximate surface area is 120 Å². The summed E-state index contributed by atoms with van der Waals surface area (Å²) in [6.45, 7) is 4.29. The van der Waals surface area contributed by atoms with E-state index in [1.165, 1.54) is 12.8 Å². The lowest BCUT2D eigenvalue weighted by Crippen LogP contribution is -2.24. The van der Waals surface area contributed by atoms with E-state index in [0.717, 1.165) is 25.1 Å². The van der Waals surface area contributed by atoms with E-state index in [1.54, 1.807) is 6.07 Å². The summed E-state index contributed by atoms with van der Waals surface area (Å²) in [6, 6.07) is 5.57. The van der Waals surface area contributed by atoms with E-state index in [2.05, 4.69) is 18.9 Å². The van der Waals surface area contributed by atoms with Gasteiger partial charge in [-0.25, -0.2) is 0 Å². The molecule has 0 radical (unpaired) electrons. The second-order valence-corrected chi connectivity index (χ2v) is 5.48. The molecule has 0 bridgehead atoms. The Morgan fingerprint density at radius 1 is 1.28 bits per heavy atom. The van der Waals surface area contributed by atoms with E-state index in [9.17, 15) is 0 Å². The van der Waals surface area contributed by atoms with Crippen LogP contribution in [0.2, 0.25) is 10.0 Å². The summed E-state index contributed by atoms with van der Waals surface area (Å²) in [7, 11) is 2.13. The van der Waals surface area contributed by atoms with Crippen LogP contribution in [0.4, 0.5) is 0 Å². The van der Waals surface area contributed by atoms with Crippen molar-refractivity contribution in [2.45, 2.75) is 32.2 Å². The summed E-state index contributed by atoms with van der Waals surface area (Å²) in [6.07, 6.45) is 3.33. The molecule has 0 heterocycles. The highest BCUT2D eigenvalue weighted by molar-refractivity contribution is 6.42. The van der Waals surface area contributed by atoms with E-state index in [0.29, 0.717) is 10.0 Å². The predicted molar refractivity (Wildman–Crippen MR) is 80.4 cm³/mol. The van der Waals surface area contributed by atoms with Gasteiger partial charge < -0.3 is 10.6 Å². The minimum absolute atomic E-state index is 0.0553. The summed E-state index contributed by atoms with van der Waals surface area (Å²) in [4.78, 5) is 2.31. The molecule has 1 atom stereocenters. The van der Waals surface area contributed by atoms with Gasteiger partial charge in [-0.05, 0) is 44.6 Å². The zero-order valence-corrected chi connectivity index (χ0v) is 12.6. The molecule has 1 aromatic carbocycles. The van der Waals surface area contributed by atoms with Crippen molar-refractivity contribution in [2.24, 2.45) is 5.73 Å². The summed E-state index contributed by atoms with van der Waals surface area (Å²) >= 11 is 12.2. The van der Waals surface area contributed by atoms with E-state index in [4.69, 9.17) is 28.9 Å². The highest BCUT2D eigenvalue weighted by Gasteiger charge is 2.12. The van der Waals surface area contributed by atoms with Crippen molar-refractivity contribution >= 4 is 23.2 Å². The van der Waals surface area contributed by atoms with E-state index in [1.807, 2.05) is 12.1 Å². The lowest BCUT2D eigenvalue weighted by molar-refractivity contribution is 0.313. The van der Waals surface area contributed by atoms with Gasteiger partial charge in [0.2, 0.25) is 0 Å². The minimum atomic E-state index is -0.0553. The van der Waals surface area contributed by atoms with Crippen LogP contribution in [0.5, 0.6) is 0 Å². The zero-order valence-electron chi connectivity index (χ0n) is 11.1. The summed E-state index contributed by atoms with van der Waals surface area (Å²) in [5.41, 5.74) is 7.11. The third-order valence-corrected chi connectivity index (χ3v) is 3.93. The van der Waals surface area contributed by atoms with Gasteiger partial charge in [0.15, 0.2) is 0 Å². The first kappa shape index (κ1) is 15.8. The van der Waals surface area contributed by atoms with Crippen molar-refractivity contribution in [3.05, 3.63) is 33.8 Å². The van der Waals surface area contributed by atoms with Crippen molar-refractivity contribution in [1.82, 2.24) is 4.90 Å². The lowest BCUT2D eigenvalue weighted by Gasteiger charge is -2.20. The molecular weight excluding hydrogens is 267 g/mol. The molecule has 102 valence electrons. The first-order chi connectivity index (χ1) is 8.56. The molecule has 2 nitrogen and oxygen atoms in total. The Balaban J connectivity index is 2.50. The van der Waals surface area contributed by atoms with Crippen LogP contribution < -0.4 is 5.73 Å². The molecule has 4 heteroatoms. The van der Waals surface area contributed by atoms with Crippen molar-refractivity contribution in [3.63, 3.8) is 0 Å². The average molecular weight is 289 g/mol. The number of hydrogen-bond acceptors (Lipinski definition) is 2. The molecule has 18 heavy (non-hydrogen) atoms. The summed E-state index contributed by atoms with van der Waals surface area (Å²) < 4.78 is 0. The fourth-order valence-corrected chi connectivity index (χ4v) is 2.31. The first-order valence-electron chi connectivity index (χ1n) is 6.44. The fraction of sp³-hybridized carbons (Fsp3) is 0.571. The van der Waals surface area contributed by atoms with E-state index in [-0.39, 0.29) is 6.04 Å². The van der Waals surface area contributed by atoms with Crippen LogP contribution in [0, 0.1) is 0 Å². The third kappa shape index (κ3) is 4.77. The molecule has 1 rings (SSSR count). The number of unbranched alkanes of at least 4 members (excludes halogenated alkanes) is 1. The third-order valence-electron chi connectivity index (χ3n) is 3.10. The Kier molecular flexibility index (Phi) is 7.02. The summed E-state index contributed by atoms with van der Waals surface area (Å²) in [5, 5.41) is 1.16. The molecule has 0 spiro atoms. The van der Waals surface area contributed by atoms with Crippen molar-refractivity contribution in [3.8, 4) is 0 Å². The topological polar surface area (TPSA) is 29.3 Å². The number of rotatable bonds is 7. The van der Waals surface area contributed by atoms with Gasteiger partial charge in [-0.2, -0.15) is 0 Å². The molecule has 0 fully saturated rings. The second kappa shape index (κ2) is 8.00. The van der Waals surface area contributed by atoms with Gasteiger partial charge in [-0.3, -0.25) is 0 Å². The van der Waals surface area contributed by atoms with Crippen LogP contribution in [-0.2, 0) is 0 Å². The van der Waals surface area contributed by atoms with Gasteiger partial charge in [0.25, 0.3) is 0 Å². The van der Waals surface area contributed by atoms with Crippen molar-refractivity contribution in [2.75, 3.05) is 20.1 Å². The lowest BCUT2D eigenvalue weighted by atomic mass is 10.0. The smallest absolute Gasteiger partial charge is 0.0640 e. The Morgan fingerprint density at radius 2 is 2.00 bits per heavy atom. The molecule has 0 saturated carbocycles. The normalized spacial score (nSPS) is 13.0. The Morgan fingerprint density at radius 3 is 2.67 bits per heavy atom. The maximum atomic E-state index is 6.17. The van der Waals surface area contributed by atoms with Crippen molar-refractivity contribution < 1.29 is 0 Å². The van der Waals surface area contributed by atoms with Crippen LogP contribution in [-0.4, -0.2) is 25.0 Å². The number of halogens is 2. The maximum absolute atomic E-state index is 6.17. The number of nitrogens with two attached hydrogens (primary N) is 1. The predicted octanol–water partition coefficient (Wildman–Crippen LogP) is 4.12. The first-order valence-corrected chi connectivity index (χ1v) is 7.19. The van der Waals surface area contributed by atoms with Crippen LogP contribution in [0.1, 0.15) is 37.8 Å². The SMILES string of the molecule is CCCCN(C)CCC(N)c1cccc(Cl)c1Cl. The highest BCUT2D eigenvalue weighted by Crippen LogP contribution is 2.30. The van der Waals surface area contributed by atoms with Gasteiger partial charge >= 0.3 is 0 Å². The molecule has 0 aromatic heterocycles.